The fraction of sp³-hybridized carbons (Fsp3) is 0.822. The van der Waals surface area contributed by atoms with Crippen LogP contribution in [0.15, 0.2) is 18.2 Å². The normalized spacial score (nSPS) is 11.2. The van der Waals surface area contributed by atoms with Crippen molar-refractivity contribution >= 4 is 11.9 Å². The number of carbonyl (C=O) groups is 1. The maximum absolute atomic E-state index is 11.8. The first kappa shape index (κ1) is 47.7. The Morgan fingerprint density at radius 1 is 0.500 bits per heavy atom. The second-order valence-electron chi connectivity index (χ2n) is 15.2. The molecule has 52 heavy (non-hydrogen) atoms. The average Bonchev–Trinajstić information content (AvgIpc) is 3.12. The summed E-state index contributed by atoms with van der Waals surface area (Å²) in [7, 11) is 4.19. The lowest BCUT2D eigenvalue weighted by atomic mass is 10.1. The van der Waals surface area contributed by atoms with Crippen molar-refractivity contribution in [1.29, 1.82) is 5.41 Å². The largest absolute Gasteiger partial charge is 0.493 e. The van der Waals surface area contributed by atoms with Crippen molar-refractivity contribution in [2.45, 2.75) is 200 Å². The van der Waals surface area contributed by atoms with E-state index in [1.54, 1.807) is 0 Å². The highest BCUT2D eigenvalue weighted by molar-refractivity contribution is 5.72. The molecule has 0 aliphatic carbocycles. The van der Waals surface area contributed by atoms with Gasteiger partial charge >= 0.3 is 5.97 Å². The Morgan fingerprint density at radius 2 is 0.885 bits per heavy atom. The number of nitrogens with zero attached hydrogens (tertiary/aromatic N) is 1. The molecule has 0 saturated heterocycles. The Morgan fingerprint density at radius 3 is 1.35 bits per heavy atom. The van der Waals surface area contributed by atoms with E-state index >= 15 is 0 Å². The average molecular weight is 731 g/mol. The van der Waals surface area contributed by atoms with Crippen molar-refractivity contribution in [1.82, 2.24) is 4.90 Å². The first-order valence-corrected chi connectivity index (χ1v) is 21.8. The summed E-state index contributed by atoms with van der Waals surface area (Å²) in [4.78, 5) is 14.0. The molecule has 0 heterocycles. The van der Waals surface area contributed by atoms with E-state index in [0.29, 0.717) is 25.5 Å². The Kier molecular flexibility index (Phi) is 32.8. The number of benzene rings is 1. The summed E-state index contributed by atoms with van der Waals surface area (Å²) in [5.74, 6) is 2.29. The van der Waals surface area contributed by atoms with Crippen molar-refractivity contribution in [2.24, 2.45) is 0 Å². The van der Waals surface area contributed by atoms with E-state index in [2.05, 4.69) is 51.0 Å². The summed E-state index contributed by atoms with van der Waals surface area (Å²) < 4.78 is 23.4. The van der Waals surface area contributed by atoms with Crippen LogP contribution >= 0.6 is 0 Å². The first-order valence-electron chi connectivity index (χ1n) is 21.8. The number of nitrogens with one attached hydrogen (secondary N) is 1. The SMILES string of the molecule is CCCCCCCC(=N)OCCCCCCCCCCOc1cc(CN(C)C)cc(OCCCCCCCCCCOC(=O)CCCCCCC)c1. The van der Waals surface area contributed by atoms with Gasteiger partial charge in [-0.1, -0.05) is 142 Å². The van der Waals surface area contributed by atoms with Gasteiger partial charge in [-0.3, -0.25) is 10.2 Å². The van der Waals surface area contributed by atoms with E-state index in [9.17, 15) is 4.79 Å². The van der Waals surface area contributed by atoms with Crippen LogP contribution in [-0.2, 0) is 20.8 Å². The van der Waals surface area contributed by atoms with Crippen LogP contribution in [0.2, 0.25) is 0 Å². The van der Waals surface area contributed by atoms with E-state index in [4.69, 9.17) is 24.4 Å². The minimum atomic E-state index is -0.0179. The van der Waals surface area contributed by atoms with Crippen molar-refractivity contribution in [3.05, 3.63) is 23.8 Å². The van der Waals surface area contributed by atoms with Crippen LogP contribution in [0.5, 0.6) is 11.5 Å². The van der Waals surface area contributed by atoms with Crippen LogP contribution in [0.25, 0.3) is 0 Å². The van der Waals surface area contributed by atoms with E-state index in [1.807, 2.05) is 0 Å². The molecule has 0 aromatic heterocycles. The van der Waals surface area contributed by atoms with Gasteiger partial charge in [0.25, 0.3) is 0 Å². The predicted molar refractivity (Wildman–Crippen MR) is 220 cm³/mol. The molecular formula is C45H82N2O5. The molecule has 0 radical (unpaired) electrons. The summed E-state index contributed by atoms with van der Waals surface area (Å²) in [5.41, 5.74) is 1.22. The van der Waals surface area contributed by atoms with Crippen molar-refractivity contribution in [2.75, 3.05) is 40.5 Å². The lowest BCUT2D eigenvalue weighted by Gasteiger charge is -2.15. The van der Waals surface area contributed by atoms with Gasteiger partial charge in [0.05, 0.1) is 26.4 Å². The highest BCUT2D eigenvalue weighted by atomic mass is 16.5. The van der Waals surface area contributed by atoms with Gasteiger partial charge < -0.3 is 23.8 Å². The molecule has 1 N–H and O–H groups in total. The third-order valence-corrected chi connectivity index (χ3v) is 9.58. The fourth-order valence-electron chi connectivity index (χ4n) is 6.45. The van der Waals surface area contributed by atoms with Gasteiger partial charge in [0.2, 0.25) is 0 Å². The molecule has 0 spiro atoms. The highest BCUT2D eigenvalue weighted by Crippen LogP contribution is 2.25. The number of rotatable bonds is 38. The molecule has 0 aliphatic rings. The minimum absolute atomic E-state index is 0.0179. The predicted octanol–water partition coefficient (Wildman–Crippen LogP) is 13.0. The lowest BCUT2D eigenvalue weighted by molar-refractivity contribution is -0.143. The number of hydrogen-bond donors (Lipinski definition) is 1. The Hall–Kier alpha value is -2.28. The number of esters is 1. The summed E-state index contributed by atoms with van der Waals surface area (Å²) in [6.45, 7) is 8.08. The minimum Gasteiger partial charge on any atom is -0.493 e. The molecule has 1 rings (SSSR count). The molecule has 7 nitrogen and oxygen atoms in total. The number of unbranched alkanes of at least 4 members (excludes halogenated alkanes) is 22. The van der Waals surface area contributed by atoms with Crippen LogP contribution in [0.3, 0.4) is 0 Å². The van der Waals surface area contributed by atoms with Gasteiger partial charge in [-0.05, 0) is 70.3 Å². The molecule has 0 fully saturated rings. The molecule has 0 unspecified atom stereocenters. The molecule has 302 valence electrons. The van der Waals surface area contributed by atoms with Gasteiger partial charge in [-0.15, -0.1) is 0 Å². The van der Waals surface area contributed by atoms with Crippen LogP contribution in [-0.4, -0.2) is 57.3 Å². The first-order chi connectivity index (χ1) is 25.4. The maximum Gasteiger partial charge on any atom is 0.305 e. The molecule has 7 heteroatoms. The smallest absolute Gasteiger partial charge is 0.305 e. The molecule has 0 bridgehead atoms. The number of hydrogen-bond acceptors (Lipinski definition) is 7. The zero-order valence-corrected chi connectivity index (χ0v) is 34.6. The quantitative estimate of drug-likeness (QED) is 0.0316. The highest BCUT2D eigenvalue weighted by Gasteiger charge is 2.06. The standard InChI is InChI=1S/C45H82N2O5/c1-5-7-9-19-25-31-44(46)51-35-29-23-17-13-11-15-21-27-33-49-42-37-41(40-47(3)4)38-43(39-42)50-34-28-22-16-12-14-18-24-30-36-52-45(48)32-26-20-10-8-6-2/h37-39,46H,5-36,40H2,1-4H3. The molecule has 0 amide bonds. The van der Waals surface area contributed by atoms with Crippen LogP contribution in [0, 0.1) is 5.41 Å². The van der Waals surface area contributed by atoms with Gasteiger partial charge in [0.15, 0.2) is 5.90 Å². The van der Waals surface area contributed by atoms with Crippen molar-refractivity contribution in [3.8, 4) is 11.5 Å². The van der Waals surface area contributed by atoms with Crippen molar-refractivity contribution in [3.63, 3.8) is 0 Å². The Balaban J connectivity index is 2.07. The van der Waals surface area contributed by atoms with Gasteiger partial charge in [-0.2, -0.15) is 0 Å². The topological polar surface area (TPSA) is 81.1 Å². The molecule has 1 aromatic rings. The molecular weight excluding hydrogens is 649 g/mol. The summed E-state index contributed by atoms with van der Waals surface area (Å²) in [5, 5.41) is 7.95. The number of carbonyl (C=O) groups excluding carboxylic acids is 1. The molecule has 0 saturated carbocycles. The second-order valence-corrected chi connectivity index (χ2v) is 15.2. The zero-order chi connectivity index (χ0) is 37.7. The second kappa shape index (κ2) is 35.7. The number of ether oxygens (including phenoxy) is 4. The zero-order valence-electron chi connectivity index (χ0n) is 34.6. The third-order valence-electron chi connectivity index (χ3n) is 9.58. The monoisotopic (exact) mass is 731 g/mol. The summed E-state index contributed by atoms with van der Waals surface area (Å²) in [6.07, 6.45) is 32.4. The third kappa shape index (κ3) is 31.3. The van der Waals surface area contributed by atoms with E-state index in [1.165, 1.54) is 121 Å². The van der Waals surface area contributed by atoms with E-state index in [0.717, 1.165) is 89.0 Å². The fourth-order valence-corrected chi connectivity index (χ4v) is 6.45. The van der Waals surface area contributed by atoms with Crippen molar-refractivity contribution < 1.29 is 23.7 Å². The Bertz CT molecular complexity index is 901. The van der Waals surface area contributed by atoms with E-state index in [-0.39, 0.29) is 5.97 Å². The molecule has 0 aliphatic heterocycles. The maximum atomic E-state index is 11.8. The Labute approximate surface area is 321 Å². The molecule has 0 atom stereocenters. The van der Waals surface area contributed by atoms with Crippen LogP contribution < -0.4 is 9.47 Å². The summed E-state index contributed by atoms with van der Waals surface area (Å²) >= 11 is 0. The van der Waals surface area contributed by atoms with Gasteiger partial charge in [0.1, 0.15) is 11.5 Å². The molecule has 1 aromatic carbocycles. The van der Waals surface area contributed by atoms with Gasteiger partial charge in [-0.25, -0.2) is 0 Å². The van der Waals surface area contributed by atoms with Crippen LogP contribution in [0.4, 0.5) is 0 Å². The van der Waals surface area contributed by atoms with Crippen LogP contribution in [0.1, 0.15) is 199 Å². The van der Waals surface area contributed by atoms with Gasteiger partial charge in [0, 0.05) is 25.5 Å². The summed E-state index contributed by atoms with van der Waals surface area (Å²) in [6, 6.07) is 6.37. The lowest BCUT2D eigenvalue weighted by Crippen LogP contribution is -2.11. The van der Waals surface area contributed by atoms with E-state index < -0.39 is 0 Å².